The number of likely N-dealkylation sites (tertiary alicyclic amines) is 1. The molecule has 2 aliphatic carbocycles. The van der Waals surface area contributed by atoms with Crippen LogP contribution in [0.1, 0.15) is 64.1 Å². The Balaban J connectivity index is 1.44. The number of carbonyl (C=O) groups is 2. The van der Waals surface area contributed by atoms with Gasteiger partial charge in [0, 0.05) is 23.9 Å². The van der Waals surface area contributed by atoms with E-state index in [1.54, 1.807) is 6.20 Å². The van der Waals surface area contributed by atoms with Gasteiger partial charge in [-0.15, -0.1) is 0 Å². The van der Waals surface area contributed by atoms with Gasteiger partial charge in [-0.05, 0) is 32.1 Å². The van der Waals surface area contributed by atoms with Gasteiger partial charge in [0.15, 0.2) is 6.39 Å². The van der Waals surface area contributed by atoms with Crippen LogP contribution in [0.3, 0.4) is 0 Å². The predicted molar refractivity (Wildman–Crippen MR) is 96.2 cm³/mol. The number of hydrogen-bond donors (Lipinski definition) is 1. The van der Waals surface area contributed by atoms with Gasteiger partial charge in [0.1, 0.15) is 5.76 Å². The number of oxazole rings is 1. The molecule has 1 saturated heterocycles. The van der Waals surface area contributed by atoms with Gasteiger partial charge in [-0.1, -0.05) is 26.2 Å². The van der Waals surface area contributed by atoms with Gasteiger partial charge in [-0.3, -0.25) is 9.59 Å². The van der Waals surface area contributed by atoms with Crippen molar-refractivity contribution in [3.05, 3.63) is 18.4 Å². The number of rotatable bonds is 6. The van der Waals surface area contributed by atoms with Gasteiger partial charge in [0.2, 0.25) is 11.8 Å². The lowest BCUT2D eigenvalue weighted by Crippen LogP contribution is -2.45. The van der Waals surface area contributed by atoms with E-state index in [4.69, 9.17) is 4.42 Å². The minimum atomic E-state index is -0.115. The molecule has 142 valence electrons. The lowest BCUT2D eigenvalue weighted by Gasteiger charge is -2.32. The number of hydrogen-bond acceptors (Lipinski definition) is 4. The van der Waals surface area contributed by atoms with Crippen molar-refractivity contribution in [2.24, 2.45) is 11.3 Å². The quantitative estimate of drug-likeness (QED) is 0.847. The van der Waals surface area contributed by atoms with Crippen LogP contribution >= 0.6 is 0 Å². The molecule has 6 nitrogen and oxygen atoms in total. The molecule has 1 aliphatic heterocycles. The highest BCUT2D eigenvalue weighted by Gasteiger charge is 2.51. The lowest BCUT2D eigenvalue weighted by molar-refractivity contribution is -0.132. The predicted octanol–water partition coefficient (Wildman–Crippen LogP) is 2.68. The molecule has 2 saturated carbocycles. The number of aromatic nitrogens is 1. The standard InChI is InChI=1S/C20H29N3O3/c1-2-7-20(8-9-20)19(25)22-16-12-23(17-6-4-3-5-15(16)17)18(24)10-14-11-21-13-26-14/h11,13,15-17H,2-10,12H2,1H3,(H,22,25). The zero-order valence-electron chi connectivity index (χ0n) is 15.6. The molecule has 26 heavy (non-hydrogen) atoms. The molecule has 2 amide bonds. The van der Waals surface area contributed by atoms with Crippen molar-refractivity contribution in [1.29, 1.82) is 0 Å². The summed E-state index contributed by atoms with van der Waals surface area (Å²) < 4.78 is 5.24. The molecule has 0 aromatic carbocycles. The second-order valence-corrected chi connectivity index (χ2v) is 8.32. The largest absolute Gasteiger partial charge is 0.448 e. The normalized spacial score (nSPS) is 29.3. The molecule has 6 heteroatoms. The number of amides is 2. The second kappa shape index (κ2) is 7.05. The number of nitrogens with zero attached hydrogens (tertiary/aromatic N) is 2. The molecule has 1 aromatic rings. The maximum absolute atomic E-state index is 12.8. The van der Waals surface area contributed by atoms with Gasteiger partial charge >= 0.3 is 0 Å². The Kier molecular flexibility index (Phi) is 4.76. The van der Waals surface area contributed by atoms with Crippen molar-refractivity contribution in [3.63, 3.8) is 0 Å². The van der Waals surface area contributed by atoms with Crippen molar-refractivity contribution in [2.75, 3.05) is 6.54 Å². The third-order valence-corrected chi connectivity index (χ3v) is 6.60. The Bertz CT molecular complexity index is 653. The SMILES string of the molecule is CCCC1(C(=O)NC2CN(C(=O)Cc3cnco3)C3CCCCC23)CC1. The van der Waals surface area contributed by atoms with Crippen LogP contribution in [0.5, 0.6) is 0 Å². The minimum absolute atomic E-state index is 0.0880. The van der Waals surface area contributed by atoms with E-state index >= 15 is 0 Å². The number of nitrogens with one attached hydrogen (secondary N) is 1. The van der Waals surface area contributed by atoms with Crippen LogP contribution in [0, 0.1) is 11.3 Å². The van der Waals surface area contributed by atoms with E-state index in [9.17, 15) is 9.59 Å². The van der Waals surface area contributed by atoms with E-state index in [0.717, 1.165) is 44.9 Å². The van der Waals surface area contributed by atoms with Crippen LogP contribution in [0.4, 0.5) is 0 Å². The molecule has 2 heterocycles. The third-order valence-electron chi connectivity index (χ3n) is 6.60. The van der Waals surface area contributed by atoms with Gasteiger partial charge < -0.3 is 14.6 Å². The van der Waals surface area contributed by atoms with Crippen LogP contribution in [-0.2, 0) is 16.0 Å². The van der Waals surface area contributed by atoms with E-state index < -0.39 is 0 Å². The molecule has 1 aromatic heterocycles. The Hall–Kier alpha value is -1.85. The fourth-order valence-electron chi connectivity index (χ4n) is 5.04. The molecule has 3 aliphatic rings. The zero-order chi connectivity index (χ0) is 18.1. The average Bonchev–Trinajstić information content (AvgIpc) is 3.09. The van der Waals surface area contributed by atoms with Crippen molar-refractivity contribution in [2.45, 2.75) is 76.8 Å². The van der Waals surface area contributed by atoms with Crippen LogP contribution < -0.4 is 5.32 Å². The summed E-state index contributed by atoms with van der Waals surface area (Å²) in [4.78, 5) is 31.6. The first kappa shape index (κ1) is 17.6. The molecule has 4 rings (SSSR count). The molecule has 3 fully saturated rings. The van der Waals surface area contributed by atoms with E-state index in [1.807, 2.05) is 4.90 Å². The first-order chi connectivity index (χ1) is 12.6. The molecular formula is C20H29N3O3. The first-order valence-corrected chi connectivity index (χ1v) is 10.1. The highest BCUT2D eigenvalue weighted by molar-refractivity contribution is 5.86. The summed E-state index contributed by atoms with van der Waals surface area (Å²) in [7, 11) is 0. The Morgan fingerprint density at radius 2 is 2.15 bits per heavy atom. The highest BCUT2D eigenvalue weighted by atomic mass is 16.3. The highest BCUT2D eigenvalue weighted by Crippen LogP contribution is 2.50. The van der Waals surface area contributed by atoms with Gasteiger partial charge in [0.25, 0.3) is 0 Å². The van der Waals surface area contributed by atoms with Crippen molar-refractivity contribution < 1.29 is 14.0 Å². The minimum Gasteiger partial charge on any atom is -0.448 e. The maximum atomic E-state index is 12.8. The monoisotopic (exact) mass is 359 g/mol. The average molecular weight is 359 g/mol. The summed E-state index contributed by atoms with van der Waals surface area (Å²) in [5.74, 6) is 1.31. The van der Waals surface area contributed by atoms with Gasteiger partial charge in [-0.25, -0.2) is 4.98 Å². The second-order valence-electron chi connectivity index (χ2n) is 8.32. The molecular weight excluding hydrogens is 330 g/mol. The number of carbonyl (C=O) groups excluding carboxylic acids is 2. The summed E-state index contributed by atoms with van der Waals surface area (Å²) in [5, 5.41) is 3.34. The van der Waals surface area contributed by atoms with Crippen LogP contribution in [0.15, 0.2) is 17.0 Å². The van der Waals surface area contributed by atoms with Crippen molar-refractivity contribution in [3.8, 4) is 0 Å². The van der Waals surface area contributed by atoms with Crippen molar-refractivity contribution in [1.82, 2.24) is 15.2 Å². The molecule has 0 radical (unpaired) electrons. The Labute approximate surface area is 154 Å². The Morgan fingerprint density at radius 3 is 2.85 bits per heavy atom. The van der Waals surface area contributed by atoms with Crippen LogP contribution in [0.2, 0.25) is 0 Å². The summed E-state index contributed by atoms with van der Waals surface area (Å²) in [6, 6.07) is 0.353. The van der Waals surface area contributed by atoms with E-state index in [2.05, 4.69) is 17.2 Å². The van der Waals surface area contributed by atoms with E-state index in [-0.39, 0.29) is 35.7 Å². The van der Waals surface area contributed by atoms with E-state index in [1.165, 1.54) is 12.8 Å². The summed E-state index contributed by atoms with van der Waals surface area (Å²) in [5.41, 5.74) is -0.115. The lowest BCUT2D eigenvalue weighted by atomic mass is 9.82. The smallest absolute Gasteiger partial charge is 0.230 e. The number of fused-ring (bicyclic) bond motifs is 1. The topological polar surface area (TPSA) is 75.4 Å². The summed E-state index contributed by atoms with van der Waals surface area (Å²) in [6.07, 6.45) is 11.8. The fraction of sp³-hybridized carbons (Fsp3) is 0.750. The van der Waals surface area contributed by atoms with Crippen LogP contribution in [-0.4, -0.2) is 40.3 Å². The first-order valence-electron chi connectivity index (χ1n) is 10.1. The Morgan fingerprint density at radius 1 is 1.35 bits per heavy atom. The van der Waals surface area contributed by atoms with Crippen molar-refractivity contribution >= 4 is 11.8 Å². The maximum Gasteiger partial charge on any atom is 0.230 e. The van der Waals surface area contributed by atoms with Gasteiger partial charge in [-0.2, -0.15) is 0 Å². The molecule has 3 atom stereocenters. The molecule has 0 spiro atoms. The summed E-state index contributed by atoms with van der Waals surface area (Å²) >= 11 is 0. The third kappa shape index (κ3) is 3.26. The van der Waals surface area contributed by atoms with Crippen LogP contribution in [0.25, 0.3) is 0 Å². The van der Waals surface area contributed by atoms with E-state index in [0.29, 0.717) is 18.2 Å². The fourth-order valence-corrected chi connectivity index (χ4v) is 5.04. The molecule has 3 unspecified atom stereocenters. The van der Waals surface area contributed by atoms with Gasteiger partial charge in [0.05, 0.1) is 18.7 Å². The molecule has 1 N–H and O–H groups in total. The summed E-state index contributed by atoms with van der Waals surface area (Å²) in [6.45, 7) is 2.78. The molecule has 0 bridgehead atoms. The zero-order valence-corrected chi connectivity index (χ0v) is 15.6.